The van der Waals surface area contributed by atoms with Gasteiger partial charge in [0.1, 0.15) is 5.82 Å². The molecule has 4 heterocycles. The first kappa shape index (κ1) is 18.3. The maximum Gasteiger partial charge on any atom is 0.228 e. The second kappa shape index (κ2) is 7.26. The Balaban J connectivity index is 1.35. The highest BCUT2D eigenvalue weighted by Gasteiger charge is 2.59. The molecule has 7 heteroatoms. The van der Waals surface area contributed by atoms with Gasteiger partial charge in [0.25, 0.3) is 0 Å². The van der Waals surface area contributed by atoms with Crippen molar-refractivity contribution >= 4 is 17.2 Å². The molecule has 0 unspecified atom stereocenters. The van der Waals surface area contributed by atoms with Crippen molar-refractivity contribution in [2.75, 3.05) is 13.1 Å². The Hall–Kier alpha value is -1.73. The monoisotopic (exact) mass is 399 g/mol. The van der Waals surface area contributed by atoms with Crippen molar-refractivity contribution in [3.8, 4) is 0 Å². The largest absolute Gasteiger partial charge is 0.355 e. The molecule has 3 aliphatic rings. The van der Waals surface area contributed by atoms with Crippen LogP contribution in [0.15, 0.2) is 23.3 Å². The number of nitrogens with zero attached hydrogens (tertiary/aromatic N) is 4. The second-order valence-corrected chi connectivity index (χ2v) is 9.58. The molecule has 2 bridgehead atoms. The molecule has 2 aliphatic heterocycles. The van der Waals surface area contributed by atoms with Gasteiger partial charge < -0.3 is 9.88 Å². The third kappa shape index (κ3) is 3.28. The van der Waals surface area contributed by atoms with Gasteiger partial charge in [0.15, 0.2) is 0 Å². The molecule has 150 valence electrons. The van der Waals surface area contributed by atoms with Gasteiger partial charge in [0.2, 0.25) is 5.91 Å². The van der Waals surface area contributed by atoms with Crippen LogP contribution in [0, 0.1) is 11.3 Å². The first-order chi connectivity index (χ1) is 13.7. The Labute approximate surface area is 170 Å². The van der Waals surface area contributed by atoms with Crippen LogP contribution in [-0.4, -0.2) is 50.5 Å². The number of amides is 1. The lowest BCUT2D eigenvalue weighted by Gasteiger charge is -2.36. The minimum atomic E-state index is -0.326. The van der Waals surface area contributed by atoms with E-state index in [4.69, 9.17) is 0 Å². The number of carbonyl (C=O) groups excluding carboxylic acids is 1. The van der Waals surface area contributed by atoms with E-state index in [-0.39, 0.29) is 11.3 Å². The molecule has 6 nitrogen and oxygen atoms in total. The highest BCUT2D eigenvalue weighted by Crippen LogP contribution is 2.51. The Morgan fingerprint density at radius 1 is 1.32 bits per heavy atom. The highest BCUT2D eigenvalue weighted by molar-refractivity contribution is 7.07. The molecular weight excluding hydrogens is 370 g/mol. The number of nitrogens with one attached hydrogen (secondary N) is 1. The summed E-state index contributed by atoms with van der Waals surface area (Å²) in [6, 6.07) is 0.828. The van der Waals surface area contributed by atoms with Gasteiger partial charge in [-0.3, -0.25) is 9.69 Å². The number of hydrogen-bond acceptors (Lipinski definition) is 5. The molecule has 1 N–H and O–H groups in total. The fraction of sp³-hybridized carbons (Fsp3) is 0.667. The Kier molecular flexibility index (Phi) is 4.75. The van der Waals surface area contributed by atoms with Crippen molar-refractivity contribution in [3.05, 3.63) is 34.8 Å². The van der Waals surface area contributed by atoms with Crippen LogP contribution < -0.4 is 5.32 Å². The molecule has 1 aliphatic carbocycles. The van der Waals surface area contributed by atoms with Crippen molar-refractivity contribution in [1.29, 1.82) is 0 Å². The predicted octanol–water partition coefficient (Wildman–Crippen LogP) is 2.41. The molecule has 3 fully saturated rings. The summed E-state index contributed by atoms with van der Waals surface area (Å²) in [6.07, 6.45) is 11.4. The van der Waals surface area contributed by atoms with E-state index in [9.17, 15) is 4.79 Å². The summed E-state index contributed by atoms with van der Waals surface area (Å²) in [5.41, 5.74) is 2.63. The number of aryl methyl sites for hydroxylation is 1. The lowest BCUT2D eigenvalue weighted by atomic mass is 9.70. The molecule has 3 atom stereocenters. The number of fused-ring (bicyclic) bond motifs is 2. The molecule has 5 rings (SSSR count). The second-order valence-electron chi connectivity index (χ2n) is 8.86. The van der Waals surface area contributed by atoms with E-state index in [2.05, 4.69) is 37.2 Å². The molecule has 2 saturated heterocycles. The smallest absolute Gasteiger partial charge is 0.228 e. The van der Waals surface area contributed by atoms with Crippen LogP contribution in [0.25, 0.3) is 0 Å². The van der Waals surface area contributed by atoms with Crippen LogP contribution in [0.5, 0.6) is 0 Å². The number of rotatable bonds is 8. The van der Waals surface area contributed by atoms with E-state index >= 15 is 0 Å². The normalized spacial score (nSPS) is 29.5. The van der Waals surface area contributed by atoms with Crippen LogP contribution in [-0.2, 0) is 24.7 Å². The summed E-state index contributed by atoms with van der Waals surface area (Å²) in [7, 11) is 2.05. The first-order valence-corrected chi connectivity index (χ1v) is 11.5. The van der Waals surface area contributed by atoms with Crippen molar-refractivity contribution in [3.63, 3.8) is 0 Å². The molecule has 2 aromatic heterocycles. The zero-order chi connectivity index (χ0) is 19.1. The van der Waals surface area contributed by atoms with E-state index < -0.39 is 0 Å². The van der Waals surface area contributed by atoms with Gasteiger partial charge >= 0.3 is 0 Å². The van der Waals surface area contributed by atoms with Crippen LogP contribution in [0.4, 0.5) is 0 Å². The molecule has 28 heavy (non-hydrogen) atoms. The number of carbonyl (C=O) groups is 1. The molecule has 1 saturated carbocycles. The fourth-order valence-electron chi connectivity index (χ4n) is 5.41. The van der Waals surface area contributed by atoms with Crippen molar-refractivity contribution in [2.24, 2.45) is 18.4 Å². The topological polar surface area (TPSA) is 63.1 Å². The Morgan fingerprint density at radius 3 is 2.93 bits per heavy atom. The third-order valence-corrected chi connectivity index (χ3v) is 7.71. The van der Waals surface area contributed by atoms with Gasteiger partial charge in [0, 0.05) is 62.8 Å². The molecule has 1 amide bonds. The number of hydrogen-bond donors (Lipinski definition) is 1. The SMILES string of the molecule is Cn1ccnc1CCN1[C@@H]2CC[C@H]1[C@@](Cc1cscn1)(C(=O)NCC1CC1)C2. The first-order valence-electron chi connectivity index (χ1n) is 10.5. The third-order valence-electron chi connectivity index (χ3n) is 7.08. The zero-order valence-corrected chi connectivity index (χ0v) is 17.3. The molecular formula is C21H29N5OS. The van der Waals surface area contributed by atoms with Crippen LogP contribution in [0.1, 0.15) is 43.6 Å². The number of aromatic nitrogens is 3. The number of thiazole rings is 1. The highest BCUT2D eigenvalue weighted by atomic mass is 32.1. The van der Waals surface area contributed by atoms with E-state index in [1.165, 1.54) is 19.3 Å². The van der Waals surface area contributed by atoms with Gasteiger partial charge in [-0.05, 0) is 38.0 Å². The summed E-state index contributed by atoms with van der Waals surface area (Å²) < 4.78 is 2.10. The van der Waals surface area contributed by atoms with Gasteiger partial charge in [-0.2, -0.15) is 0 Å². The van der Waals surface area contributed by atoms with Crippen molar-refractivity contribution in [2.45, 2.75) is 57.0 Å². The standard InChI is InChI=1S/C21H29N5OS/c1-25-9-7-22-19(25)6-8-26-17-4-5-18(26)21(11-17,10-16-13-28-14-24-16)20(27)23-12-15-2-3-15/h7,9,13-15,17-18H,2-6,8,10-12H2,1H3,(H,23,27)/t17-,18+,21+/m1/s1. The average Bonchev–Trinajstić information content (AvgIpc) is 3.03. The summed E-state index contributed by atoms with van der Waals surface area (Å²) in [6.45, 7) is 1.83. The predicted molar refractivity (Wildman–Crippen MR) is 109 cm³/mol. The maximum atomic E-state index is 13.5. The molecule has 0 radical (unpaired) electrons. The Morgan fingerprint density at radius 2 is 2.21 bits per heavy atom. The average molecular weight is 400 g/mol. The van der Waals surface area contributed by atoms with Gasteiger partial charge in [-0.1, -0.05) is 0 Å². The van der Waals surface area contributed by atoms with E-state index in [0.717, 1.165) is 50.3 Å². The summed E-state index contributed by atoms with van der Waals surface area (Å²) in [5.74, 6) is 2.09. The molecule has 0 aromatic carbocycles. The molecule has 2 aromatic rings. The van der Waals surface area contributed by atoms with Gasteiger partial charge in [0.05, 0.1) is 16.6 Å². The lowest BCUT2D eigenvalue weighted by Crippen LogP contribution is -2.51. The maximum absolute atomic E-state index is 13.5. The minimum absolute atomic E-state index is 0.265. The summed E-state index contributed by atoms with van der Waals surface area (Å²) in [5, 5.41) is 5.43. The van der Waals surface area contributed by atoms with Crippen LogP contribution in [0.2, 0.25) is 0 Å². The van der Waals surface area contributed by atoms with Crippen molar-refractivity contribution in [1.82, 2.24) is 24.8 Å². The fourth-order valence-corrected chi connectivity index (χ4v) is 5.97. The quantitative estimate of drug-likeness (QED) is 0.740. The Bertz CT molecular complexity index is 830. The number of imidazole rings is 1. The van der Waals surface area contributed by atoms with Crippen LogP contribution >= 0.6 is 11.3 Å². The van der Waals surface area contributed by atoms with Crippen LogP contribution in [0.3, 0.4) is 0 Å². The minimum Gasteiger partial charge on any atom is -0.355 e. The lowest BCUT2D eigenvalue weighted by molar-refractivity contribution is -0.133. The van der Waals surface area contributed by atoms with E-state index in [0.29, 0.717) is 18.0 Å². The van der Waals surface area contributed by atoms with Gasteiger partial charge in [-0.25, -0.2) is 9.97 Å². The molecule has 0 spiro atoms. The van der Waals surface area contributed by atoms with E-state index in [1.54, 1.807) is 11.3 Å². The van der Waals surface area contributed by atoms with E-state index in [1.807, 2.05) is 17.9 Å². The summed E-state index contributed by atoms with van der Waals surface area (Å²) >= 11 is 1.63. The van der Waals surface area contributed by atoms with Crippen molar-refractivity contribution < 1.29 is 4.79 Å². The summed E-state index contributed by atoms with van der Waals surface area (Å²) in [4.78, 5) is 25.1. The van der Waals surface area contributed by atoms with Gasteiger partial charge in [-0.15, -0.1) is 11.3 Å². The zero-order valence-electron chi connectivity index (χ0n) is 16.5.